The molecule has 1 aliphatic rings. The molecule has 0 spiro atoms. The predicted octanol–water partition coefficient (Wildman–Crippen LogP) is -0.00160. The van der Waals surface area contributed by atoms with Gasteiger partial charge in [-0.3, -0.25) is 4.79 Å². The smallest absolute Gasteiger partial charge is 0.272 e. The Morgan fingerprint density at radius 1 is 1.67 bits per heavy atom. The van der Waals surface area contributed by atoms with E-state index in [2.05, 4.69) is 4.98 Å². The highest BCUT2D eigenvalue weighted by atomic mass is 16.5. The lowest BCUT2D eigenvalue weighted by Gasteiger charge is -2.42. The molecule has 1 aromatic heterocycles. The number of aromatic nitrogens is 2. The van der Waals surface area contributed by atoms with Crippen molar-refractivity contribution in [2.75, 3.05) is 19.6 Å². The summed E-state index contributed by atoms with van der Waals surface area (Å²) in [5.74, 6) is -0.0233. The van der Waals surface area contributed by atoms with Crippen LogP contribution in [0.2, 0.25) is 0 Å². The Kier molecular flexibility index (Phi) is 3.41. The maximum atomic E-state index is 12.4. The number of amides is 1. The lowest BCUT2D eigenvalue weighted by molar-refractivity contribution is -0.122. The second-order valence-corrected chi connectivity index (χ2v) is 5.31. The van der Waals surface area contributed by atoms with E-state index in [0.29, 0.717) is 25.3 Å². The van der Waals surface area contributed by atoms with Crippen LogP contribution in [0.5, 0.6) is 0 Å². The molecule has 1 saturated heterocycles. The van der Waals surface area contributed by atoms with E-state index in [-0.39, 0.29) is 17.6 Å². The minimum atomic E-state index is -0.365. The summed E-state index contributed by atoms with van der Waals surface area (Å²) in [6.45, 7) is 5.45. The monoisotopic (exact) mass is 252 g/mol. The standard InChI is InChI=1S/C12H20N4O2/c1-12(2)7-16(6-9(4-13)18-12)11(17)10-5-14-8-15(10)3/h5,8-9H,4,6-7,13H2,1-3H3. The Morgan fingerprint density at radius 2 is 2.39 bits per heavy atom. The number of imidazole rings is 1. The van der Waals surface area contributed by atoms with E-state index in [1.54, 1.807) is 22.0 Å². The summed E-state index contributed by atoms with van der Waals surface area (Å²) in [5.41, 5.74) is 5.88. The first-order valence-corrected chi connectivity index (χ1v) is 6.06. The first-order chi connectivity index (χ1) is 8.43. The third-order valence-electron chi connectivity index (χ3n) is 3.07. The van der Waals surface area contributed by atoms with Crippen LogP contribution in [0, 0.1) is 0 Å². The normalized spacial score (nSPS) is 23.1. The Balaban J connectivity index is 2.17. The van der Waals surface area contributed by atoms with Gasteiger partial charge in [-0.15, -0.1) is 0 Å². The van der Waals surface area contributed by atoms with Crippen LogP contribution in [-0.4, -0.2) is 51.7 Å². The number of nitrogens with zero attached hydrogens (tertiary/aromatic N) is 3. The van der Waals surface area contributed by atoms with Gasteiger partial charge in [0.15, 0.2) is 0 Å². The molecular formula is C12H20N4O2. The lowest BCUT2D eigenvalue weighted by atomic mass is 10.0. The SMILES string of the molecule is Cn1cncc1C(=O)N1CC(CN)OC(C)(C)C1. The predicted molar refractivity (Wildman–Crippen MR) is 67.1 cm³/mol. The maximum Gasteiger partial charge on any atom is 0.272 e. The number of hydrogen-bond donors (Lipinski definition) is 1. The number of morpholine rings is 1. The van der Waals surface area contributed by atoms with Crippen molar-refractivity contribution in [3.63, 3.8) is 0 Å². The first kappa shape index (κ1) is 13.0. The van der Waals surface area contributed by atoms with Gasteiger partial charge < -0.3 is 19.9 Å². The van der Waals surface area contributed by atoms with Crippen molar-refractivity contribution in [2.24, 2.45) is 12.8 Å². The minimum Gasteiger partial charge on any atom is -0.367 e. The molecule has 100 valence electrons. The number of carbonyl (C=O) groups is 1. The zero-order valence-corrected chi connectivity index (χ0v) is 11.1. The second kappa shape index (κ2) is 4.70. The minimum absolute atomic E-state index is 0.0233. The van der Waals surface area contributed by atoms with Gasteiger partial charge >= 0.3 is 0 Å². The van der Waals surface area contributed by atoms with E-state index >= 15 is 0 Å². The molecule has 1 amide bonds. The summed E-state index contributed by atoms with van der Waals surface area (Å²) < 4.78 is 7.53. The number of nitrogens with two attached hydrogens (primary N) is 1. The van der Waals surface area contributed by atoms with Crippen molar-refractivity contribution in [1.82, 2.24) is 14.5 Å². The fourth-order valence-corrected chi connectivity index (χ4v) is 2.30. The third kappa shape index (κ3) is 2.54. The Morgan fingerprint density at radius 3 is 2.94 bits per heavy atom. The number of ether oxygens (including phenoxy) is 1. The van der Waals surface area contributed by atoms with Crippen molar-refractivity contribution < 1.29 is 9.53 Å². The van der Waals surface area contributed by atoms with Crippen LogP contribution in [0.15, 0.2) is 12.5 Å². The lowest BCUT2D eigenvalue weighted by Crippen LogP contribution is -2.56. The van der Waals surface area contributed by atoms with Gasteiger partial charge in [-0.25, -0.2) is 4.98 Å². The molecule has 1 aromatic rings. The quantitative estimate of drug-likeness (QED) is 0.804. The van der Waals surface area contributed by atoms with Crippen molar-refractivity contribution >= 4 is 5.91 Å². The fraction of sp³-hybridized carbons (Fsp3) is 0.667. The van der Waals surface area contributed by atoms with Gasteiger partial charge in [0.25, 0.3) is 5.91 Å². The summed E-state index contributed by atoms with van der Waals surface area (Å²) in [5, 5.41) is 0. The van der Waals surface area contributed by atoms with Crippen LogP contribution >= 0.6 is 0 Å². The molecule has 18 heavy (non-hydrogen) atoms. The van der Waals surface area contributed by atoms with E-state index in [1.165, 1.54) is 0 Å². The van der Waals surface area contributed by atoms with Crippen LogP contribution in [0.25, 0.3) is 0 Å². The molecule has 6 heteroatoms. The van der Waals surface area contributed by atoms with E-state index in [0.717, 1.165) is 0 Å². The van der Waals surface area contributed by atoms with Crippen LogP contribution in [0.4, 0.5) is 0 Å². The van der Waals surface area contributed by atoms with E-state index in [9.17, 15) is 4.79 Å². The fourth-order valence-electron chi connectivity index (χ4n) is 2.30. The highest BCUT2D eigenvalue weighted by molar-refractivity contribution is 5.92. The molecule has 0 saturated carbocycles. The van der Waals surface area contributed by atoms with E-state index in [1.807, 2.05) is 20.9 Å². The largest absolute Gasteiger partial charge is 0.367 e. The van der Waals surface area contributed by atoms with Crippen LogP contribution in [0.1, 0.15) is 24.3 Å². The molecular weight excluding hydrogens is 232 g/mol. The van der Waals surface area contributed by atoms with Gasteiger partial charge in [0.2, 0.25) is 0 Å². The molecule has 1 fully saturated rings. The van der Waals surface area contributed by atoms with Crippen molar-refractivity contribution in [3.05, 3.63) is 18.2 Å². The average molecular weight is 252 g/mol. The van der Waals surface area contributed by atoms with Crippen molar-refractivity contribution in [3.8, 4) is 0 Å². The highest BCUT2D eigenvalue weighted by Crippen LogP contribution is 2.21. The van der Waals surface area contributed by atoms with E-state index in [4.69, 9.17) is 10.5 Å². The molecule has 0 radical (unpaired) electrons. The maximum absolute atomic E-state index is 12.4. The summed E-state index contributed by atoms with van der Waals surface area (Å²) in [6, 6.07) is 0. The van der Waals surface area contributed by atoms with Gasteiger partial charge in [0.1, 0.15) is 5.69 Å². The van der Waals surface area contributed by atoms with Gasteiger partial charge in [-0.1, -0.05) is 0 Å². The summed E-state index contributed by atoms with van der Waals surface area (Å²) in [7, 11) is 1.81. The molecule has 0 aromatic carbocycles. The average Bonchev–Trinajstić information content (AvgIpc) is 2.72. The molecule has 0 aliphatic carbocycles. The zero-order chi connectivity index (χ0) is 13.3. The van der Waals surface area contributed by atoms with E-state index < -0.39 is 0 Å². The van der Waals surface area contributed by atoms with Gasteiger partial charge in [0, 0.05) is 26.7 Å². The Labute approximate surface area is 107 Å². The topological polar surface area (TPSA) is 73.4 Å². The van der Waals surface area contributed by atoms with Gasteiger partial charge in [-0.05, 0) is 13.8 Å². The number of carbonyl (C=O) groups excluding carboxylic acids is 1. The Hall–Kier alpha value is -1.40. The molecule has 1 atom stereocenters. The molecule has 6 nitrogen and oxygen atoms in total. The van der Waals surface area contributed by atoms with Crippen molar-refractivity contribution in [1.29, 1.82) is 0 Å². The summed E-state index contributed by atoms with van der Waals surface area (Å²) in [4.78, 5) is 18.2. The van der Waals surface area contributed by atoms with Crippen LogP contribution in [0.3, 0.4) is 0 Å². The first-order valence-electron chi connectivity index (χ1n) is 6.06. The van der Waals surface area contributed by atoms with Gasteiger partial charge in [0.05, 0.1) is 24.2 Å². The zero-order valence-electron chi connectivity index (χ0n) is 11.1. The number of aryl methyl sites for hydroxylation is 1. The molecule has 1 aliphatic heterocycles. The summed E-state index contributed by atoms with van der Waals surface area (Å²) >= 11 is 0. The molecule has 2 rings (SSSR count). The van der Waals surface area contributed by atoms with Crippen LogP contribution in [-0.2, 0) is 11.8 Å². The molecule has 2 heterocycles. The third-order valence-corrected chi connectivity index (χ3v) is 3.07. The Bertz CT molecular complexity index is 441. The van der Waals surface area contributed by atoms with Gasteiger partial charge in [-0.2, -0.15) is 0 Å². The summed E-state index contributed by atoms with van der Waals surface area (Å²) in [6.07, 6.45) is 3.10. The molecule has 1 unspecified atom stereocenters. The highest BCUT2D eigenvalue weighted by Gasteiger charge is 2.35. The number of rotatable bonds is 2. The van der Waals surface area contributed by atoms with Crippen molar-refractivity contribution in [2.45, 2.75) is 25.6 Å². The van der Waals surface area contributed by atoms with Crippen LogP contribution < -0.4 is 5.73 Å². The molecule has 2 N–H and O–H groups in total. The number of hydrogen-bond acceptors (Lipinski definition) is 4. The molecule has 0 bridgehead atoms. The second-order valence-electron chi connectivity index (χ2n) is 5.31.